The zero-order valence-corrected chi connectivity index (χ0v) is 13.5. The molecule has 0 atom stereocenters. The molecule has 2 aromatic carbocycles. The molecule has 4 rings (SSSR count). The molecule has 0 unspecified atom stereocenters. The molecule has 128 valence electrons. The van der Waals surface area contributed by atoms with Crippen molar-refractivity contribution >= 4 is 34.1 Å². The summed E-state index contributed by atoms with van der Waals surface area (Å²) in [7, 11) is 0. The van der Waals surface area contributed by atoms with E-state index in [1.807, 2.05) is 24.3 Å². The molecule has 0 bridgehead atoms. The summed E-state index contributed by atoms with van der Waals surface area (Å²) in [6.07, 6.45) is 1.44. The summed E-state index contributed by atoms with van der Waals surface area (Å²) in [4.78, 5) is 24.4. The molecule has 7 nitrogen and oxygen atoms in total. The highest BCUT2D eigenvalue weighted by molar-refractivity contribution is 6.11. The monoisotopic (exact) mass is 346 g/mol. The number of carbonyl (C=O) groups is 2. The number of nitrogens with one attached hydrogen (secondary N) is 3. The van der Waals surface area contributed by atoms with E-state index in [0.717, 1.165) is 10.9 Å². The van der Waals surface area contributed by atoms with Crippen LogP contribution in [0.3, 0.4) is 0 Å². The number of carbonyl (C=O) groups excluding carboxylic acids is 2. The lowest BCUT2D eigenvalue weighted by molar-refractivity contribution is 0.0994. The molecule has 2 aromatic heterocycles. The van der Waals surface area contributed by atoms with Crippen LogP contribution in [0.15, 0.2) is 71.3 Å². The number of amides is 2. The van der Waals surface area contributed by atoms with E-state index in [1.165, 1.54) is 6.26 Å². The second kappa shape index (κ2) is 6.56. The van der Waals surface area contributed by atoms with Crippen LogP contribution < -0.4 is 10.6 Å². The van der Waals surface area contributed by atoms with E-state index in [-0.39, 0.29) is 17.6 Å². The van der Waals surface area contributed by atoms with E-state index in [4.69, 9.17) is 4.42 Å². The number of hydrogen-bond acceptors (Lipinski definition) is 4. The van der Waals surface area contributed by atoms with Crippen LogP contribution in [0.25, 0.3) is 10.9 Å². The van der Waals surface area contributed by atoms with Crippen molar-refractivity contribution in [1.82, 2.24) is 10.2 Å². The molecule has 0 spiro atoms. The van der Waals surface area contributed by atoms with Gasteiger partial charge >= 0.3 is 0 Å². The summed E-state index contributed by atoms with van der Waals surface area (Å²) in [5.74, 6) is -0.419. The largest absolute Gasteiger partial charge is 0.459 e. The van der Waals surface area contributed by atoms with Crippen molar-refractivity contribution in [2.45, 2.75) is 0 Å². The number of hydrogen-bond donors (Lipinski definition) is 3. The van der Waals surface area contributed by atoms with Crippen molar-refractivity contribution in [2.24, 2.45) is 0 Å². The van der Waals surface area contributed by atoms with Gasteiger partial charge in [-0.15, -0.1) is 0 Å². The van der Waals surface area contributed by atoms with Crippen LogP contribution in [0.5, 0.6) is 0 Å². The van der Waals surface area contributed by atoms with Gasteiger partial charge in [0.2, 0.25) is 0 Å². The van der Waals surface area contributed by atoms with Gasteiger partial charge in [0, 0.05) is 16.8 Å². The van der Waals surface area contributed by atoms with Crippen LogP contribution >= 0.6 is 0 Å². The maximum absolute atomic E-state index is 12.4. The number of furan rings is 1. The van der Waals surface area contributed by atoms with E-state index < -0.39 is 0 Å². The lowest BCUT2D eigenvalue weighted by Crippen LogP contribution is -2.13. The summed E-state index contributed by atoms with van der Waals surface area (Å²) < 4.78 is 5.04. The molecule has 0 aliphatic rings. The molecule has 3 N–H and O–H groups in total. The standard InChI is InChI=1S/C19H14N4O3/c24-18(16-6-3-11-26-16)20-12-7-9-13(10-8-12)21-19(25)17-14-4-1-2-5-15(14)22-23-17/h1-11H,(H,20,24)(H,21,25)(H,22,23). The van der Waals surface area contributed by atoms with Gasteiger partial charge in [-0.3, -0.25) is 14.7 Å². The van der Waals surface area contributed by atoms with Crippen molar-refractivity contribution in [3.05, 3.63) is 78.4 Å². The number of nitrogens with zero attached hydrogens (tertiary/aromatic N) is 1. The Morgan fingerprint density at radius 2 is 1.54 bits per heavy atom. The molecule has 2 heterocycles. The molecular weight excluding hydrogens is 332 g/mol. The van der Waals surface area contributed by atoms with Crippen molar-refractivity contribution < 1.29 is 14.0 Å². The van der Waals surface area contributed by atoms with Gasteiger partial charge in [-0.1, -0.05) is 18.2 Å². The Labute approximate surface area is 148 Å². The smallest absolute Gasteiger partial charge is 0.291 e. The Kier molecular flexibility index (Phi) is 3.95. The first kappa shape index (κ1) is 15.6. The first-order chi connectivity index (χ1) is 12.7. The Hall–Kier alpha value is -3.87. The highest BCUT2D eigenvalue weighted by Crippen LogP contribution is 2.19. The van der Waals surface area contributed by atoms with Gasteiger partial charge in [-0.2, -0.15) is 5.10 Å². The van der Waals surface area contributed by atoms with Crippen molar-refractivity contribution in [3.63, 3.8) is 0 Å². The van der Waals surface area contributed by atoms with Gasteiger partial charge in [0.05, 0.1) is 11.8 Å². The minimum atomic E-state index is -0.338. The van der Waals surface area contributed by atoms with Crippen LogP contribution in [-0.4, -0.2) is 22.0 Å². The summed E-state index contributed by atoms with van der Waals surface area (Å²) >= 11 is 0. The highest BCUT2D eigenvalue weighted by atomic mass is 16.3. The third-order valence-electron chi connectivity index (χ3n) is 3.83. The van der Waals surface area contributed by atoms with Crippen molar-refractivity contribution in [3.8, 4) is 0 Å². The number of rotatable bonds is 4. The summed E-state index contributed by atoms with van der Waals surface area (Å²) in [6, 6.07) is 17.4. The summed E-state index contributed by atoms with van der Waals surface area (Å²) in [6.45, 7) is 0. The van der Waals surface area contributed by atoms with Gasteiger partial charge in [-0.25, -0.2) is 0 Å². The maximum Gasteiger partial charge on any atom is 0.291 e. The number of fused-ring (bicyclic) bond motifs is 1. The molecule has 0 aliphatic heterocycles. The van der Waals surface area contributed by atoms with E-state index >= 15 is 0 Å². The first-order valence-electron chi connectivity index (χ1n) is 7.90. The quantitative estimate of drug-likeness (QED) is 0.525. The second-order valence-electron chi connectivity index (χ2n) is 5.58. The fraction of sp³-hybridized carbons (Fsp3) is 0. The summed E-state index contributed by atoms with van der Waals surface area (Å²) in [5, 5.41) is 13.2. The number of benzene rings is 2. The zero-order chi connectivity index (χ0) is 17.9. The minimum absolute atomic E-state index is 0.229. The topological polar surface area (TPSA) is 100 Å². The average molecular weight is 346 g/mol. The van der Waals surface area contributed by atoms with E-state index in [2.05, 4.69) is 20.8 Å². The van der Waals surface area contributed by atoms with Gasteiger partial charge in [0.25, 0.3) is 11.8 Å². The average Bonchev–Trinajstić information content (AvgIpc) is 3.33. The Bertz CT molecular complexity index is 1070. The molecule has 0 saturated carbocycles. The zero-order valence-electron chi connectivity index (χ0n) is 13.5. The highest BCUT2D eigenvalue weighted by Gasteiger charge is 2.14. The van der Waals surface area contributed by atoms with Crippen LogP contribution in [0.2, 0.25) is 0 Å². The molecule has 0 saturated heterocycles. The van der Waals surface area contributed by atoms with E-state index in [9.17, 15) is 9.59 Å². The molecule has 2 amide bonds. The second-order valence-corrected chi connectivity index (χ2v) is 5.58. The van der Waals surface area contributed by atoms with E-state index in [1.54, 1.807) is 36.4 Å². The lowest BCUT2D eigenvalue weighted by Gasteiger charge is -2.06. The normalized spacial score (nSPS) is 10.6. The van der Waals surface area contributed by atoms with Gasteiger partial charge < -0.3 is 15.1 Å². The van der Waals surface area contributed by atoms with E-state index in [0.29, 0.717) is 17.1 Å². The molecule has 26 heavy (non-hydrogen) atoms. The number of anilines is 2. The number of aromatic amines is 1. The SMILES string of the molecule is O=C(Nc1ccc(NC(=O)c2n[nH]c3ccccc23)cc1)c1ccco1. The first-order valence-corrected chi connectivity index (χ1v) is 7.90. The van der Waals surface area contributed by atoms with Crippen LogP contribution in [-0.2, 0) is 0 Å². The fourth-order valence-electron chi connectivity index (χ4n) is 2.56. The molecule has 0 radical (unpaired) electrons. The van der Waals surface area contributed by atoms with Crippen LogP contribution in [0.1, 0.15) is 21.0 Å². The number of aromatic nitrogens is 2. The van der Waals surface area contributed by atoms with Gasteiger partial charge in [0.15, 0.2) is 11.5 Å². The molecule has 0 aliphatic carbocycles. The van der Waals surface area contributed by atoms with Crippen molar-refractivity contribution in [1.29, 1.82) is 0 Å². The maximum atomic E-state index is 12.4. The predicted molar refractivity (Wildman–Crippen MR) is 97.2 cm³/mol. The molecule has 0 fully saturated rings. The van der Waals surface area contributed by atoms with Gasteiger partial charge in [-0.05, 0) is 42.5 Å². The summed E-state index contributed by atoms with van der Waals surface area (Å²) in [5.41, 5.74) is 2.32. The predicted octanol–water partition coefficient (Wildman–Crippen LogP) is 3.66. The molecular formula is C19H14N4O3. The fourth-order valence-corrected chi connectivity index (χ4v) is 2.56. The minimum Gasteiger partial charge on any atom is -0.459 e. The molecule has 7 heteroatoms. The third-order valence-corrected chi connectivity index (χ3v) is 3.83. The van der Waals surface area contributed by atoms with Crippen LogP contribution in [0, 0.1) is 0 Å². The lowest BCUT2D eigenvalue weighted by atomic mass is 10.2. The Balaban J connectivity index is 1.45. The van der Waals surface area contributed by atoms with Gasteiger partial charge in [0.1, 0.15) is 0 Å². The third kappa shape index (κ3) is 3.05. The Morgan fingerprint density at radius 1 is 0.846 bits per heavy atom. The molecule has 4 aromatic rings. The number of para-hydroxylation sites is 1. The Morgan fingerprint density at radius 3 is 2.23 bits per heavy atom. The number of H-pyrrole nitrogens is 1. The van der Waals surface area contributed by atoms with Crippen molar-refractivity contribution in [2.75, 3.05) is 10.6 Å². The van der Waals surface area contributed by atoms with Crippen LogP contribution in [0.4, 0.5) is 11.4 Å².